The predicted molar refractivity (Wildman–Crippen MR) is 79.0 cm³/mol. The highest BCUT2D eigenvalue weighted by Crippen LogP contribution is 2.26. The lowest BCUT2D eigenvalue weighted by Crippen LogP contribution is -2.26. The van der Waals surface area contributed by atoms with Crippen LogP contribution in [0.15, 0.2) is 6.07 Å². The van der Waals surface area contributed by atoms with Crippen molar-refractivity contribution in [3.63, 3.8) is 0 Å². The second kappa shape index (κ2) is 7.85. The Bertz CT molecular complexity index is 457. The second-order valence-electron chi connectivity index (χ2n) is 4.12. The minimum atomic E-state index is -0.348. The van der Waals surface area contributed by atoms with Gasteiger partial charge in [-0.3, -0.25) is 0 Å². The number of carbonyl (C=O) groups is 1. The molecule has 0 aromatic carbocycles. The number of fused-ring (bicyclic) bond motifs is 1. The van der Waals surface area contributed by atoms with E-state index in [-0.39, 0.29) is 5.97 Å². The maximum atomic E-state index is 11.8. The number of aromatic nitrogens is 1. The molecular weight excluding hydrogens is 256 g/mol. The van der Waals surface area contributed by atoms with E-state index < -0.39 is 0 Å². The maximum absolute atomic E-state index is 11.8. The summed E-state index contributed by atoms with van der Waals surface area (Å²) < 4.78 is 10.2. The molecule has 1 aliphatic heterocycles. The summed E-state index contributed by atoms with van der Waals surface area (Å²) in [5, 5.41) is 0. The van der Waals surface area contributed by atoms with Gasteiger partial charge in [0.25, 0.3) is 0 Å². The predicted octanol–water partition coefficient (Wildman–Crippen LogP) is 2.77. The molecule has 2 heterocycles. The first-order chi connectivity index (χ1) is 9.71. The number of anilines is 1. The van der Waals surface area contributed by atoms with Gasteiger partial charge in [-0.2, -0.15) is 0 Å². The van der Waals surface area contributed by atoms with Crippen LogP contribution in [0.4, 0.5) is 5.82 Å². The van der Waals surface area contributed by atoms with E-state index in [9.17, 15) is 4.79 Å². The van der Waals surface area contributed by atoms with Crippen molar-refractivity contribution in [2.75, 3.05) is 25.1 Å². The lowest BCUT2D eigenvalue weighted by molar-refractivity contribution is 0.0601. The number of carbonyl (C=O) groups excluding carboxylic acids is 1. The molecule has 2 rings (SSSR count). The van der Waals surface area contributed by atoms with Crippen molar-refractivity contribution in [3.8, 4) is 0 Å². The van der Waals surface area contributed by atoms with E-state index in [1.165, 1.54) is 7.11 Å². The smallest absolute Gasteiger partial charge is 0.341 e. The van der Waals surface area contributed by atoms with Crippen molar-refractivity contribution in [2.24, 2.45) is 0 Å². The lowest BCUT2D eigenvalue weighted by atomic mass is 10.1. The normalized spacial score (nSPS) is 12.2. The van der Waals surface area contributed by atoms with Gasteiger partial charge in [0.1, 0.15) is 11.4 Å². The Morgan fingerprint density at radius 3 is 2.55 bits per heavy atom. The molecule has 20 heavy (non-hydrogen) atoms. The molecule has 0 atom stereocenters. The highest BCUT2D eigenvalue weighted by Gasteiger charge is 2.23. The maximum Gasteiger partial charge on any atom is 0.341 e. The molecule has 0 amide bonds. The molecule has 1 aromatic rings. The van der Waals surface area contributed by atoms with Crippen LogP contribution < -0.4 is 4.90 Å². The fourth-order valence-electron chi connectivity index (χ4n) is 2.11. The Hall–Kier alpha value is -1.62. The second-order valence-corrected chi connectivity index (χ2v) is 4.12. The monoisotopic (exact) mass is 280 g/mol. The molecule has 1 aliphatic rings. The SMILES string of the molecule is CC.CCN(CC)c1nc2c(cc1C(=O)OC)COC2. The van der Waals surface area contributed by atoms with Crippen LogP contribution in [0.5, 0.6) is 0 Å². The highest BCUT2D eigenvalue weighted by atomic mass is 16.5. The molecular formula is C15H24N2O3. The summed E-state index contributed by atoms with van der Waals surface area (Å²) in [7, 11) is 1.39. The molecule has 0 fully saturated rings. The molecule has 5 heteroatoms. The summed E-state index contributed by atoms with van der Waals surface area (Å²) in [5.41, 5.74) is 2.42. The first-order valence-corrected chi connectivity index (χ1v) is 7.15. The summed E-state index contributed by atoms with van der Waals surface area (Å²) in [4.78, 5) is 18.5. The van der Waals surface area contributed by atoms with Crippen LogP contribution in [0.3, 0.4) is 0 Å². The van der Waals surface area contributed by atoms with E-state index in [4.69, 9.17) is 9.47 Å². The number of esters is 1. The van der Waals surface area contributed by atoms with Gasteiger partial charge in [0, 0.05) is 18.7 Å². The van der Waals surface area contributed by atoms with Crippen LogP contribution in [-0.4, -0.2) is 31.2 Å². The third-order valence-corrected chi connectivity index (χ3v) is 3.14. The van der Waals surface area contributed by atoms with Crippen molar-refractivity contribution >= 4 is 11.8 Å². The molecule has 0 saturated carbocycles. The van der Waals surface area contributed by atoms with Gasteiger partial charge in [-0.25, -0.2) is 9.78 Å². The zero-order valence-corrected chi connectivity index (χ0v) is 13.0. The molecule has 0 N–H and O–H groups in total. The number of methoxy groups -OCH3 is 1. The van der Waals surface area contributed by atoms with Gasteiger partial charge < -0.3 is 14.4 Å². The summed E-state index contributed by atoms with van der Waals surface area (Å²) in [6.07, 6.45) is 0. The fourth-order valence-corrected chi connectivity index (χ4v) is 2.11. The molecule has 0 bridgehead atoms. The van der Waals surface area contributed by atoms with E-state index in [1.54, 1.807) is 0 Å². The highest BCUT2D eigenvalue weighted by molar-refractivity contribution is 5.95. The summed E-state index contributed by atoms with van der Waals surface area (Å²) in [6.45, 7) is 10.7. The Labute approximate surface area is 120 Å². The standard InChI is InChI=1S/C13H18N2O3.C2H6/c1-4-15(5-2)12-10(13(16)17-3)6-9-7-18-8-11(9)14-12;1-2/h6H,4-5,7-8H2,1-3H3;1-2H3. The molecule has 0 spiro atoms. The third-order valence-electron chi connectivity index (χ3n) is 3.14. The van der Waals surface area contributed by atoms with Crippen molar-refractivity contribution < 1.29 is 14.3 Å². The largest absolute Gasteiger partial charge is 0.465 e. The molecule has 112 valence electrons. The summed E-state index contributed by atoms with van der Waals surface area (Å²) in [6, 6.07) is 1.84. The third kappa shape index (κ3) is 3.28. The van der Waals surface area contributed by atoms with Gasteiger partial charge in [0.15, 0.2) is 0 Å². The number of nitrogens with zero attached hydrogens (tertiary/aromatic N) is 2. The first-order valence-electron chi connectivity index (χ1n) is 7.15. The Morgan fingerprint density at radius 1 is 1.35 bits per heavy atom. The number of pyridine rings is 1. The summed E-state index contributed by atoms with van der Waals surface area (Å²) >= 11 is 0. The van der Waals surface area contributed by atoms with E-state index in [2.05, 4.69) is 4.98 Å². The quantitative estimate of drug-likeness (QED) is 0.794. The van der Waals surface area contributed by atoms with E-state index in [0.29, 0.717) is 24.6 Å². The van der Waals surface area contributed by atoms with Crippen molar-refractivity contribution in [1.82, 2.24) is 4.98 Å². The van der Waals surface area contributed by atoms with Gasteiger partial charge in [-0.05, 0) is 19.9 Å². The number of hydrogen-bond acceptors (Lipinski definition) is 5. The minimum Gasteiger partial charge on any atom is -0.465 e. The van der Waals surface area contributed by atoms with Crippen molar-refractivity contribution in [2.45, 2.75) is 40.9 Å². The van der Waals surface area contributed by atoms with E-state index in [0.717, 1.165) is 24.3 Å². The zero-order valence-electron chi connectivity index (χ0n) is 13.0. The fraction of sp³-hybridized carbons (Fsp3) is 0.600. The number of ether oxygens (including phenoxy) is 2. The van der Waals surface area contributed by atoms with Crippen LogP contribution in [0.1, 0.15) is 49.3 Å². The molecule has 0 saturated heterocycles. The number of rotatable bonds is 4. The average Bonchev–Trinajstić information content (AvgIpc) is 2.96. The van der Waals surface area contributed by atoms with Crippen molar-refractivity contribution in [3.05, 3.63) is 22.9 Å². The molecule has 0 aliphatic carbocycles. The van der Waals surface area contributed by atoms with E-state index >= 15 is 0 Å². The Kier molecular flexibility index (Phi) is 6.45. The van der Waals surface area contributed by atoms with Crippen LogP contribution >= 0.6 is 0 Å². The molecule has 0 unspecified atom stereocenters. The van der Waals surface area contributed by atoms with Crippen LogP contribution in [0, 0.1) is 0 Å². The van der Waals surface area contributed by atoms with Crippen LogP contribution in [-0.2, 0) is 22.7 Å². The first kappa shape index (κ1) is 16.4. The minimum absolute atomic E-state index is 0.348. The average molecular weight is 280 g/mol. The van der Waals surface area contributed by atoms with Crippen LogP contribution in [0.2, 0.25) is 0 Å². The van der Waals surface area contributed by atoms with E-state index in [1.807, 2.05) is 38.7 Å². The zero-order chi connectivity index (χ0) is 15.1. The van der Waals surface area contributed by atoms with Gasteiger partial charge in [0.05, 0.1) is 26.0 Å². The Morgan fingerprint density at radius 2 is 2.00 bits per heavy atom. The number of hydrogen-bond donors (Lipinski definition) is 0. The van der Waals surface area contributed by atoms with Gasteiger partial charge in [-0.1, -0.05) is 13.8 Å². The molecule has 0 radical (unpaired) electrons. The van der Waals surface area contributed by atoms with Gasteiger partial charge >= 0.3 is 5.97 Å². The van der Waals surface area contributed by atoms with Gasteiger partial charge in [0.2, 0.25) is 0 Å². The molecule has 5 nitrogen and oxygen atoms in total. The summed E-state index contributed by atoms with van der Waals surface area (Å²) in [5.74, 6) is 0.343. The Balaban J connectivity index is 0.000000956. The van der Waals surface area contributed by atoms with Crippen LogP contribution in [0.25, 0.3) is 0 Å². The topological polar surface area (TPSA) is 51.7 Å². The lowest BCUT2D eigenvalue weighted by Gasteiger charge is -2.22. The van der Waals surface area contributed by atoms with Gasteiger partial charge in [-0.15, -0.1) is 0 Å². The van der Waals surface area contributed by atoms with Crippen molar-refractivity contribution in [1.29, 1.82) is 0 Å². The molecule has 1 aromatic heterocycles.